The zero-order valence-corrected chi connectivity index (χ0v) is 9.37. The molecule has 1 rings (SSSR count). The Morgan fingerprint density at radius 2 is 1.93 bits per heavy atom. The number of amides is 1. The lowest BCUT2D eigenvalue weighted by atomic mass is 9.82. The van der Waals surface area contributed by atoms with Crippen LogP contribution in [0.2, 0.25) is 0 Å². The molecule has 0 atom stereocenters. The third-order valence-corrected chi connectivity index (χ3v) is 2.84. The molecule has 0 unspecified atom stereocenters. The Labute approximate surface area is 85.1 Å². The minimum absolute atomic E-state index is 0.0946. The highest BCUT2D eigenvalue weighted by molar-refractivity contribution is 5.86. The van der Waals surface area contributed by atoms with E-state index in [4.69, 9.17) is 5.73 Å². The van der Waals surface area contributed by atoms with E-state index in [-0.39, 0.29) is 11.8 Å². The maximum Gasteiger partial charge on any atom is 0.242 e. The van der Waals surface area contributed by atoms with Gasteiger partial charge >= 0.3 is 0 Å². The number of aliphatic hydroxyl groups is 1. The number of carbonyl (C=O) groups excluding carboxylic acids is 1. The van der Waals surface area contributed by atoms with Gasteiger partial charge in [-0.05, 0) is 19.8 Å². The van der Waals surface area contributed by atoms with Crippen LogP contribution in [0, 0.1) is 5.92 Å². The molecule has 0 spiro atoms. The fourth-order valence-corrected chi connectivity index (χ4v) is 1.53. The van der Waals surface area contributed by atoms with E-state index in [1.165, 1.54) is 0 Å². The Hall–Kier alpha value is -0.610. The lowest BCUT2D eigenvalue weighted by Gasteiger charge is -2.50. The van der Waals surface area contributed by atoms with Gasteiger partial charge in [0, 0.05) is 0 Å². The van der Waals surface area contributed by atoms with Crippen LogP contribution < -0.4 is 5.73 Å². The number of carbonyl (C=O) groups is 1. The first-order valence-corrected chi connectivity index (χ1v) is 4.97. The largest absolute Gasteiger partial charge is 0.386 e. The van der Waals surface area contributed by atoms with E-state index in [2.05, 4.69) is 0 Å². The van der Waals surface area contributed by atoms with Crippen molar-refractivity contribution in [3.8, 4) is 0 Å². The minimum Gasteiger partial charge on any atom is -0.386 e. The zero-order chi connectivity index (χ0) is 11.1. The fourth-order valence-electron chi connectivity index (χ4n) is 1.53. The molecule has 1 fully saturated rings. The van der Waals surface area contributed by atoms with Crippen LogP contribution in [0.4, 0.5) is 0 Å². The van der Waals surface area contributed by atoms with E-state index in [1.54, 1.807) is 18.7 Å². The Kier molecular flexibility index (Phi) is 2.63. The molecule has 0 bridgehead atoms. The summed E-state index contributed by atoms with van der Waals surface area (Å²) in [5.74, 6) is 0.0789. The molecule has 1 heterocycles. The third-order valence-electron chi connectivity index (χ3n) is 2.84. The lowest BCUT2D eigenvalue weighted by molar-refractivity contribution is -0.167. The molecule has 0 aliphatic carbocycles. The van der Waals surface area contributed by atoms with Gasteiger partial charge in [-0.3, -0.25) is 4.79 Å². The molecule has 0 aromatic heterocycles. The molecule has 1 amide bonds. The molecule has 1 saturated heterocycles. The molecule has 82 valence electrons. The highest BCUT2D eigenvalue weighted by Crippen LogP contribution is 2.29. The third kappa shape index (κ3) is 1.91. The standard InChI is InChI=1S/C10H20N2O2/c1-7(2)10(14)5-12(6-10)8(13)9(3,4)11/h7,14H,5-6,11H2,1-4H3. The Balaban J connectivity index is 2.54. The van der Waals surface area contributed by atoms with Gasteiger partial charge in [0.2, 0.25) is 5.91 Å². The van der Waals surface area contributed by atoms with Gasteiger partial charge in [-0.15, -0.1) is 0 Å². The van der Waals surface area contributed by atoms with Crippen molar-refractivity contribution >= 4 is 5.91 Å². The topological polar surface area (TPSA) is 66.6 Å². The van der Waals surface area contributed by atoms with Crippen LogP contribution in [0.15, 0.2) is 0 Å². The zero-order valence-electron chi connectivity index (χ0n) is 9.37. The highest BCUT2D eigenvalue weighted by atomic mass is 16.3. The second-order valence-corrected chi connectivity index (χ2v) is 5.14. The van der Waals surface area contributed by atoms with Gasteiger partial charge in [0.15, 0.2) is 0 Å². The highest BCUT2D eigenvalue weighted by Gasteiger charge is 2.47. The first-order chi connectivity index (χ1) is 6.17. The number of nitrogens with two attached hydrogens (primary N) is 1. The number of nitrogens with zero attached hydrogens (tertiary/aromatic N) is 1. The van der Waals surface area contributed by atoms with Crippen LogP contribution in [0.1, 0.15) is 27.7 Å². The van der Waals surface area contributed by atoms with Crippen LogP contribution in [-0.2, 0) is 4.79 Å². The van der Waals surface area contributed by atoms with Crippen molar-refractivity contribution in [2.45, 2.75) is 38.8 Å². The second kappa shape index (κ2) is 3.21. The molecule has 4 nitrogen and oxygen atoms in total. The Bertz CT molecular complexity index is 237. The molecule has 3 N–H and O–H groups in total. The molecule has 4 heteroatoms. The Morgan fingerprint density at radius 3 is 2.21 bits per heavy atom. The summed E-state index contributed by atoms with van der Waals surface area (Å²) in [6.07, 6.45) is 0. The quantitative estimate of drug-likeness (QED) is 0.657. The van der Waals surface area contributed by atoms with Gasteiger partial charge < -0.3 is 15.7 Å². The van der Waals surface area contributed by atoms with E-state index in [0.29, 0.717) is 13.1 Å². The molecule has 0 radical (unpaired) electrons. The average molecular weight is 200 g/mol. The first-order valence-electron chi connectivity index (χ1n) is 4.97. The summed E-state index contributed by atoms with van der Waals surface area (Å²) in [5, 5.41) is 9.94. The second-order valence-electron chi connectivity index (χ2n) is 5.14. The van der Waals surface area contributed by atoms with E-state index >= 15 is 0 Å². The summed E-state index contributed by atoms with van der Waals surface area (Å²) >= 11 is 0. The predicted octanol–water partition coefficient (Wildman–Crippen LogP) is -0.0470. The van der Waals surface area contributed by atoms with Crippen molar-refractivity contribution in [1.29, 1.82) is 0 Å². The maximum atomic E-state index is 11.6. The van der Waals surface area contributed by atoms with Crippen molar-refractivity contribution in [2.24, 2.45) is 11.7 Å². The smallest absolute Gasteiger partial charge is 0.242 e. The maximum absolute atomic E-state index is 11.6. The average Bonchev–Trinajstić information content (AvgIpc) is 1.95. The number of hydrogen-bond donors (Lipinski definition) is 2. The number of hydrogen-bond acceptors (Lipinski definition) is 3. The summed E-state index contributed by atoms with van der Waals surface area (Å²) in [5.41, 5.74) is 4.14. The van der Waals surface area contributed by atoms with Crippen LogP contribution in [-0.4, -0.2) is 40.1 Å². The number of β-amino-alcohol motifs (C(OH)–C–C–N with tert-alkyl or cyclic N) is 1. The summed E-state index contributed by atoms with van der Waals surface area (Å²) in [6, 6.07) is 0. The molecule has 1 aliphatic heterocycles. The first kappa shape index (κ1) is 11.5. The lowest BCUT2D eigenvalue weighted by Crippen LogP contribution is -2.69. The molecular weight excluding hydrogens is 180 g/mol. The van der Waals surface area contributed by atoms with Crippen LogP contribution in [0.5, 0.6) is 0 Å². The number of likely N-dealkylation sites (tertiary alicyclic amines) is 1. The Morgan fingerprint density at radius 1 is 1.50 bits per heavy atom. The van der Waals surface area contributed by atoms with Gasteiger partial charge in [0.25, 0.3) is 0 Å². The van der Waals surface area contributed by atoms with Gasteiger partial charge in [0.1, 0.15) is 5.60 Å². The molecule has 0 saturated carbocycles. The molecule has 0 aromatic carbocycles. The van der Waals surface area contributed by atoms with Crippen LogP contribution in [0.25, 0.3) is 0 Å². The summed E-state index contributed by atoms with van der Waals surface area (Å²) in [7, 11) is 0. The van der Waals surface area contributed by atoms with Crippen LogP contribution >= 0.6 is 0 Å². The van der Waals surface area contributed by atoms with Gasteiger partial charge in [0.05, 0.1) is 18.6 Å². The molecule has 0 aromatic rings. The van der Waals surface area contributed by atoms with Crippen molar-refractivity contribution in [3.63, 3.8) is 0 Å². The molecule has 14 heavy (non-hydrogen) atoms. The van der Waals surface area contributed by atoms with E-state index in [0.717, 1.165) is 0 Å². The van der Waals surface area contributed by atoms with Crippen molar-refractivity contribution < 1.29 is 9.90 Å². The number of rotatable bonds is 2. The summed E-state index contributed by atoms with van der Waals surface area (Å²) in [6.45, 7) is 8.09. The van der Waals surface area contributed by atoms with Crippen molar-refractivity contribution in [3.05, 3.63) is 0 Å². The van der Waals surface area contributed by atoms with Crippen LogP contribution in [0.3, 0.4) is 0 Å². The van der Waals surface area contributed by atoms with Gasteiger partial charge in [-0.1, -0.05) is 13.8 Å². The summed E-state index contributed by atoms with van der Waals surface area (Å²) in [4.78, 5) is 13.3. The molecular formula is C10H20N2O2. The van der Waals surface area contributed by atoms with E-state index in [1.807, 2.05) is 13.8 Å². The SMILES string of the molecule is CC(C)C1(O)CN(C(=O)C(C)(C)N)C1. The van der Waals surface area contributed by atoms with Crippen molar-refractivity contribution in [1.82, 2.24) is 4.90 Å². The normalized spacial score (nSPS) is 20.9. The van der Waals surface area contributed by atoms with E-state index < -0.39 is 11.1 Å². The van der Waals surface area contributed by atoms with Crippen molar-refractivity contribution in [2.75, 3.05) is 13.1 Å². The minimum atomic E-state index is -0.835. The fraction of sp³-hybridized carbons (Fsp3) is 0.900. The summed E-state index contributed by atoms with van der Waals surface area (Å²) < 4.78 is 0. The van der Waals surface area contributed by atoms with Gasteiger partial charge in [-0.2, -0.15) is 0 Å². The monoisotopic (exact) mass is 200 g/mol. The molecule has 1 aliphatic rings. The van der Waals surface area contributed by atoms with Gasteiger partial charge in [-0.25, -0.2) is 0 Å². The van der Waals surface area contributed by atoms with E-state index in [9.17, 15) is 9.90 Å². The predicted molar refractivity (Wildman–Crippen MR) is 54.6 cm³/mol.